The van der Waals surface area contributed by atoms with Crippen LogP contribution in [0.2, 0.25) is 32.2 Å². The maximum absolute atomic E-state index is 9.99. The maximum atomic E-state index is 9.99. The Bertz CT molecular complexity index is 146. The van der Waals surface area contributed by atoms with Crippen molar-refractivity contribution in [3.8, 4) is 0 Å². The van der Waals surface area contributed by atoms with E-state index in [0.717, 1.165) is 12.5 Å². The van der Waals surface area contributed by atoms with Crippen molar-refractivity contribution in [2.24, 2.45) is 5.73 Å². The van der Waals surface area contributed by atoms with E-state index in [0.29, 0.717) is 12.8 Å². The molecule has 0 radical (unpaired) electrons. The van der Waals surface area contributed by atoms with Gasteiger partial charge in [-0.1, -0.05) is 0 Å². The SMILES string of the molecule is C[Si](O)(CCCN)CO[Si](C)(C)C. The summed E-state index contributed by atoms with van der Waals surface area (Å²) in [6.07, 6.45) is 1.48. The average Bonchev–Trinajstić information content (AvgIpc) is 1.97. The van der Waals surface area contributed by atoms with Crippen LogP contribution >= 0.6 is 0 Å². The molecule has 1 atom stereocenters. The first kappa shape index (κ1) is 13.3. The van der Waals surface area contributed by atoms with Crippen LogP contribution in [0.15, 0.2) is 0 Å². The first-order valence-corrected chi connectivity index (χ1v) is 11.1. The van der Waals surface area contributed by atoms with Crippen molar-refractivity contribution in [2.75, 3.05) is 12.8 Å². The molecule has 0 fully saturated rings. The van der Waals surface area contributed by atoms with Gasteiger partial charge in [0, 0.05) is 0 Å². The fraction of sp³-hybridized carbons (Fsp3) is 1.00. The monoisotopic (exact) mass is 221 g/mol. The first-order chi connectivity index (χ1) is 5.77. The van der Waals surface area contributed by atoms with Crippen LogP contribution in [-0.4, -0.2) is 34.2 Å². The predicted molar refractivity (Wildman–Crippen MR) is 61.6 cm³/mol. The highest BCUT2D eigenvalue weighted by atomic mass is 28.4. The molecule has 0 aromatic rings. The van der Waals surface area contributed by atoms with Gasteiger partial charge in [0.15, 0.2) is 8.32 Å². The van der Waals surface area contributed by atoms with Crippen LogP contribution in [0.4, 0.5) is 0 Å². The van der Waals surface area contributed by atoms with Crippen LogP contribution in [0.1, 0.15) is 6.42 Å². The average molecular weight is 221 g/mol. The van der Waals surface area contributed by atoms with Crippen molar-refractivity contribution >= 4 is 16.6 Å². The minimum absolute atomic E-state index is 0.572. The van der Waals surface area contributed by atoms with E-state index in [4.69, 9.17) is 10.2 Å². The lowest BCUT2D eigenvalue weighted by molar-refractivity contribution is 0.340. The second-order valence-corrected chi connectivity index (χ2v) is 13.1. The van der Waals surface area contributed by atoms with Crippen molar-refractivity contribution in [2.45, 2.75) is 38.7 Å². The number of rotatable bonds is 6. The molecule has 0 rings (SSSR count). The Balaban J connectivity index is 3.75. The van der Waals surface area contributed by atoms with Gasteiger partial charge in [-0.05, 0) is 45.2 Å². The summed E-state index contributed by atoms with van der Waals surface area (Å²) in [5.74, 6) is 0. The molecular weight excluding hydrogens is 198 g/mol. The Kier molecular flexibility index (Phi) is 5.38. The second kappa shape index (κ2) is 5.26. The minimum Gasteiger partial charge on any atom is -0.430 e. The van der Waals surface area contributed by atoms with E-state index in [1.807, 2.05) is 6.55 Å². The van der Waals surface area contributed by atoms with Gasteiger partial charge in [0.05, 0.1) is 6.23 Å². The molecule has 0 aromatic heterocycles. The zero-order valence-electron chi connectivity index (χ0n) is 9.26. The second-order valence-electron chi connectivity index (χ2n) is 4.79. The van der Waals surface area contributed by atoms with E-state index in [2.05, 4.69) is 19.6 Å². The lowest BCUT2D eigenvalue weighted by Crippen LogP contribution is -2.42. The summed E-state index contributed by atoms with van der Waals surface area (Å²) in [6, 6.07) is 0.855. The van der Waals surface area contributed by atoms with Crippen molar-refractivity contribution in [1.82, 2.24) is 0 Å². The standard InChI is InChI=1S/C8H23NO2Si2/c1-12(2,3)11-8-13(4,10)7-5-6-9/h10H,5-9H2,1-4H3. The maximum Gasteiger partial charge on any atom is 0.209 e. The minimum atomic E-state index is -2.10. The Morgan fingerprint density at radius 3 is 2.15 bits per heavy atom. The summed E-state index contributed by atoms with van der Waals surface area (Å²) in [4.78, 5) is 9.99. The van der Waals surface area contributed by atoms with Gasteiger partial charge in [-0.2, -0.15) is 0 Å². The summed E-state index contributed by atoms with van der Waals surface area (Å²) in [6.45, 7) is 9.03. The predicted octanol–water partition coefficient (Wildman–Crippen LogP) is 1.29. The smallest absolute Gasteiger partial charge is 0.209 e. The largest absolute Gasteiger partial charge is 0.430 e. The molecule has 13 heavy (non-hydrogen) atoms. The van der Waals surface area contributed by atoms with Crippen LogP contribution in [0.3, 0.4) is 0 Å². The van der Waals surface area contributed by atoms with Crippen molar-refractivity contribution in [1.29, 1.82) is 0 Å². The van der Waals surface area contributed by atoms with Crippen molar-refractivity contribution in [3.63, 3.8) is 0 Å². The van der Waals surface area contributed by atoms with Crippen LogP contribution in [0.25, 0.3) is 0 Å². The third kappa shape index (κ3) is 8.64. The van der Waals surface area contributed by atoms with Gasteiger partial charge < -0.3 is 15.0 Å². The van der Waals surface area contributed by atoms with E-state index in [1.165, 1.54) is 0 Å². The summed E-state index contributed by atoms with van der Waals surface area (Å²) >= 11 is 0. The number of nitrogens with two attached hydrogens (primary N) is 1. The Morgan fingerprint density at radius 1 is 1.23 bits per heavy atom. The van der Waals surface area contributed by atoms with E-state index >= 15 is 0 Å². The summed E-state index contributed by atoms with van der Waals surface area (Å²) in [5, 5.41) is 0. The number of hydrogen-bond donors (Lipinski definition) is 2. The van der Waals surface area contributed by atoms with Gasteiger partial charge >= 0.3 is 0 Å². The molecule has 0 amide bonds. The molecule has 0 aliphatic carbocycles. The molecule has 0 aliphatic rings. The molecule has 0 aliphatic heterocycles. The summed E-state index contributed by atoms with van der Waals surface area (Å²) in [7, 11) is -3.56. The highest BCUT2D eigenvalue weighted by Gasteiger charge is 2.27. The van der Waals surface area contributed by atoms with Gasteiger partial charge in [-0.25, -0.2) is 0 Å². The lowest BCUT2D eigenvalue weighted by Gasteiger charge is -2.25. The molecule has 0 bridgehead atoms. The molecule has 0 spiro atoms. The van der Waals surface area contributed by atoms with Gasteiger partial charge in [0.1, 0.15) is 0 Å². The zero-order chi connectivity index (χ0) is 10.5. The molecule has 1 unspecified atom stereocenters. The molecule has 0 aromatic carbocycles. The molecular formula is C8H23NO2Si2. The normalized spacial score (nSPS) is 17.1. The molecule has 0 saturated carbocycles. The van der Waals surface area contributed by atoms with Gasteiger partial charge in [0.25, 0.3) is 0 Å². The van der Waals surface area contributed by atoms with Crippen LogP contribution in [0.5, 0.6) is 0 Å². The Labute approximate surface area is 83.6 Å². The zero-order valence-corrected chi connectivity index (χ0v) is 11.3. The summed E-state index contributed by atoms with van der Waals surface area (Å²) < 4.78 is 5.70. The van der Waals surface area contributed by atoms with Gasteiger partial charge in [-0.3, -0.25) is 0 Å². The van der Waals surface area contributed by atoms with E-state index in [-0.39, 0.29) is 0 Å². The fourth-order valence-electron chi connectivity index (χ4n) is 0.927. The van der Waals surface area contributed by atoms with Crippen molar-refractivity contribution < 1.29 is 9.22 Å². The highest BCUT2D eigenvalue weighted by Crippen LogP contribution is 2.12. The van der Waals surface area contributed by atoms with E-state index < -0.39 is 16.6 Å². The highest BCUT2D eigenvalue weighted by molar-refractivity contribution is 6.74. The number of hydrogen-bond acceptors (Lipinski definition) is 3. The van der Waals surface area contributed by atoms with Gasteiger partial charge in [-0.15, -0.1) is 0 Å². The third-order valence-corrected chi connectivity index (χ3v) is 5.23. The van der Waals surface area contributed by atoms with Crippen LogP contribution in [0, 0.1) is 0 Å². The molecule has 3 N–H and O–H groups in total. The van der Waals surface area contributed by atoms with E-state index in [1.54, 1.807) is 0 Å². The van der Waals surface area contributed by atoms with Crippen molar-refractivity contribution in [3.05, 3.63) is 0 Å². The first-order valence-electron chi connectivity index (χ1n) is 4.83. The summed E-state index contributed by atoms with van der Waals surface area (Å²) in [5.41, 5.74) is 5.40. The molecule has 3 nitrogen and oxygen atoms in total. The molecule has 0 saturated heterocycles. The topological polar surface area (TPSA) is 55.5 Å². The van der Waals surface area contributed by atoms with Gasteiger partial charge in [0.2, 0.25) is 8.32 Å². The lowest BCUT2D eigenvalue weighted by atomic mass is 10.5. The Morgan fingerprint density at radius 2 is 1.77 bits per heavy atom. The van der Waals surface area contributed by atoms with Crippen LogP contribution < -0.4 is 5.73 Å². The molecule has 5 heteroatoms. The molecule has 0 heterocycles. The molecule has 80 valence electrons. The third-order valence-electron chi connectivity index (χ3n) is 1.74. The Hall–Kier alpha value is 0.314. The van der Waals surface area contributed by atoms with Crippen LogP contribution in [-0.2, 0) is 4.43 Å². The quantitative estimate of drug-likeness (QED) is 0.665. The van der Waals surface area contributed by atoms with E-state index in [9.17, 15) is 4.80 Å². The fourth-order valence-corrected chi connectivity index (χ4v) is 5.01.